The summed E-state index contributed by atoms with van der Waals surface area (Å²) in [6.45, 7) is 5.63. The van der Waals surface area contributed by atoms with E-state index in [1.807, 2.05) is 0 Å². The van der Waals surface area contributed by atoms with E-state index in [4.69, 9.17) is 4.74 Å². The number of rotatable bonds is 8. The van der Waals surface area contributed by atoms with Crippen LogP contribution in [0.1, 0.15) is 58.8 Å². The van der Waals surface area contributed by atoms with Crippen LogP contribution in [-0.2, 0) is 4.74 Å². The number of ether oxygens (including phenoxy) is 1. The minimum Gasteiger partial charge on any atom is -0.373 e. The molecule has 1 nitrogen and oxygen atoms in total. The van der Waals surface area contributed by atoms with Crippen molar-refractivity contribution >= 4 is 0 Å². The molecule has 0 spiro atoms. The van der Waals surface area contributed by atoms with E-state index in [0.29, 0.717) is 6.10 Å². The van der Waals surface area contributed by atoms with Crippen molar-refractivity contribution in [1.82, 2.24) is 0 Å². The zero-order chi connectivity index (χ0) is 9.52. The molecule has 1 aliphatic heterocycles. The van der Waals surface area contributed by atoms with Gasteiger partial charge in [-0.25, -0.2) is 0 Å². The molecular weight excluding hydrogens is 160 g/mol. The second-order valence-corrected chi connectivity index (χ2v) is 4.33. The maximum absolute atomic E-state index is 5.21. The lowest BCUT2D eigenvalue weighted by Gasteiger charge is -2.14. The third-order valence-corrected chi connectivity index (χ3v) is 2.93. The molecule has 0 aromatic heterocycles. The van der Waals surface area contributed by atoms with E-state index < -0.39 is 0 Å². The van der Waals surface area contributed by atoms with Crippen LogP contribution in [0, 0.1) is 5.92 Å². The van der Waals surface area contributed by atoms with E-state index in [1.54, 1.807) is 0 Å². The Hall–Kier alpha value is -0.0400. The first-order valence-electron chi connectivity index (χ1n) is 5.98. The quantitative estimate of drug-likeness (QED) is 0.523. The van der Waals surface area contributed by atoms with Gasteiger partial charge in [0.15, 0.2) is 0 Å². The molecule has 78 valence electrons. The van der Waals surface area contributed by atoms with Crippen LogP contribution < -0.4 is 0 Å². The maximum Gasteiger partial charge on any atom is 0.0810 e. The fraction of sp³-hybridized carbons (Fsp3) is 1.00. The second-order valence-electron chi connectivity index (χ2n) is 4.33. The van der Waals surface area contributed by atoms with Crippen LogP contribution in [0.25, 0.3) is 0 Å². The van der Waals surface area contributed by atoms with Crippen molar-refractivity contribution in [2.45, 2.75) is 64.9 Å². The van der Waals surface area contributed by atoms with E-state index >= 15 is 0 Å². The molecule has 0 saturated carbocycles. The largest absolute Gasteiger partial charge is 0.373 e. The van der Waals surface area contributed by atoms with Crippen molar-refractivity contribution in [3.05, 3.63) is 0 Å². The minimum absolute atomic E-state index is 0.643. The fourth-order valence-corrected chi connectivity index (χ4v) is 2.12. The molecular formula is C12H24O. The van der Waals surface area contributed by atoms with Crippen LogP contribution in [0.2, 0.25) is 0 Å². The predicted molar refractivity (Wildman–Crippen MR) is 56.9 cm³/mol. The zero-order valence-corrected chi connectivity index (χ0v) is 9.22. The smallest absolute Gasteiger partial charge is 0.0810 e. The van der Waals surface area contributed by atoms with Gasteiger partial charge >= 0.3 is 0 Å². The number of hydrogen-bond acceptors (Lipinski definition) is 1. The SMILES string of the molecule is CCCC(CCC)CCCC1CO1. The molecule has 0 aromatic carbocycles. The molecule has 1 unspecified atom stereocenters. The van der Waals surface area contributed by atoms with Gasteiger partial charge in [-0.15, -0.1) is 0 Å². The third kappa shape index (κ3) is 5.30. The molecule has 0 aromatic rings. The standard InChI is InChI=1S/C12H24O/c1-3-6-11(7-4-2)8-5-9-12-10-13-12/h11-12H,3-10H2,1-2H3. The number of hydrogen-bond donors (Lipinski definition) is 0. The van der Waals surface area contributed by atoms with Gasteiger partial charge in [0.1, 0.15) is 0 Å². The van der Waals surface area contributed by atoms with Crippen LogP contribution >= 0.6 is 0 Å². The Kier molecular flexibility index (Phi) is 5.45. The van der Waals surface area contributed by atoms with E-state index in [-0.39, 0.29) is 0 Å². The monoisotopic (exact) mass is 184 g/mol. The fourth-order valence-electron chi connectivity index (χ4n) is 2.12. The summed E-state index contributed by atoms with van der Waals surface area (Å²) in [5, 5.41) is 0. The van der Waals surface area contributed by atoms with Gasteiger partial charge in [-0.3, -0.25) is 0 Å². The molecule has 1 heterocycles. The lowest BCUT2D eigenvalue weighted by molar-refractivity contribution is 0.357. The third-order valence-electron chi connectivity index (χ3n) is 2.93. The number of epoxide rings is 1. The Morgan fingerprint density at radius 2 is 1.77 bits per heavy atom. The first kappa shape index (κ1) is 11.0. The maximum atomic E-state index is 5.21. The normalized spacial score (nSPS) is 21.0. The van der Waals surface area contributed by atoms with Crippen LogP contribution in [0.3, 0.4) is 0 Å². The van der Waals surface area contributed by atoms with E-state index in [9.17, 15) is 0 Å². The lowest BCUT2D eigenvalue weighted by atomic mass is 9.92. The second kappa shape index (κ2) is 6.42. The average molecular weight is 184 g/mol. The van der Waals surface area contributed by atoms with Gasteiger partial charge in [0.05, 0.1) is 12.7 Å². The molecule has 0 aliphatic carbocycles. The van der Waals surface area contributed by atoms with Crippen molar-refractivity contribution in [3.8, 4) is 0 Å². The molecule has 1 fully saturated rings. The van der Waals surface area contributed by atoms with Gasteiger partial charge in [0.25, 0.3) is 0 Å². The summed E-state index contributed by atoms with van der Waals surface area (Å²) in [6, 6.07) is 0. The van der Waals surface area contributed by atoms with Crippen LogP contribution in [0.5, 0.6) is 0 Å². The summed E-state index contributed by atoms with van der Waals surface area (Å²) >= 11 is 0. The Morgan fingerprint density at radius 1 is 1.15 bits per heavy atom. The summed E-state index contributed by atoms with van der Waals surface area (Å²) in [6.07, 6.45) is 10.3. The highest BCUT2D eigenvalue weighted by Crippen LogP contribution is 2.23. The molecule has 1 saturated heterocycles. The molecule has 0 amide bonds. The van der Waals surface area contributed by atoms with Crippen molar-refractivity contribution in [1.29, 1.82) is 0 Å². The molecule has 1 aliphatic rings. The van der Waals surface area contributed by atoms with Gasteiger partial charge in [-0.2, -0.15) is 0 Å². The molecule has 0 radical (unpaired) electrons. The summed E-state index contributed by atoms with van der Waals surface area (Å²) in [5.41, 5.74) is 0. The summed E-state index contributed by atoms with van der Waals surface area (Å²) in [5.74, 6) is 0.994. The van der Waals surface area contributed by atoms with Gasteiger partial charge in [-0.1, -0.05) is 52.4 Å². The van der Waals surface area contributed by atoms with E-state index in [0.717, 1.165) is 12.5 Å². The Morgan fingerprint density at radius 3 is 2.23 bits per heavy atom. The topological polar surface area (TPSA) is 12.5 Å². The Bertz CT molecular complexity index is 112. The summed E-state index contributed by atoms with van der Waals surface area (Å²) < 4.78 is 5.21. The van der Waals surface area contributed by atoms with Crippen molar-refractivity contribution in [2.75, 3.05) is 6.61 Å². The van der Waals surface area contributed by atoms with E-state index in [2.05, 4.69) is 13.8 Å². The molecule has 1 atom stereocenters. The van der Waals surface area contributed by atoms with Gasteiger partial charge in [0, 0.05) is 0 Å². The Labute approximate surface area is 82.9 Å². The highest BCUT2D eigenvalue weighted by molar-refractivity contribution is 4.69. The van der Waals surface area contributed by atoms with Gasteiger partial charge in [0.2, 0.25) is 0 Å². The molecule has 0 N–H and O–H groups in total. The first-order chi connectivity index (χ1) is 6.36. The predicted octanol–water partition coefficient (Wildman–Crippen LogP) is 3.77. The van der Waals surface area contributed by atoms with Crippen LogP contribution in [0.4, 0.5) is 0 Å². The van der Waals surface area contributed by atoms with Crippen LogP contribution in [-0.4, -0.2) is 12.7 Å². The molecule has 0 bridgehead atoms. The van der Waals surface area contributed by atoms with Crippen LogP contribution in [0.15, 0.2) is 0 Å². The Balaban J connectivity index is 1.98. The molecule has 1 rings (SSSR count). The average Bonchev–Trinajstić information content (AvgIpc) is 2.89. The highest BCUT2D eigenvalue weighted by atomic mass is 16.6. The molecule has 1 heteroatoms. The van der Waals surface area contributed by atoms with Crippen molar-refractivity contribution in [3.63, 3.8) is 0 Å². The van der Waals surface area contributed by atoms with Crippen molar-refractivity contribution < 1.29 is 4.74 Å². The summed E-state index contributed by atoms with van der Waals surface area (Å²) in [4.78, 5) is 0. The van der Waals surface area contributed by atoms with E-state index in [1.165, 1.54) is 44.9 Å². The van der Waals surface area contributed by atoms with Gasteiger partial charge in [-0.05, 0) is 12.3 Å². The minimum atomic E-state index is 0.643. The zero-order valence-electron chi connectivity index (χ0n) is 9.22. The lowest BCUT2D eigenvalue weighted by Crippen LogP contribution is -2.00. The molecule has 13 heavy (non-hydrogen) atoms. The first-order valence-corrected chi connectivity index (χ1v) is 5.98. The summed E-state index contributed by atoms with van der Waals surface area (Å²) in [7, 11) is 0. The highest BCUT2D eigenvalue weighted by Gasteiger charge is 2.21. The van der Waals surface area contributed by atoms with Crippen molar-refractivity contribution in [2.24, 2.45) is 5.92 Å². The van der Waals surface area contributed by atoms with Gasteiger partial charge < -0.3 is 4.74 Å².